The molecule has 166 valence electrons. The Balaban J connectivity index is 1.67. The lowest BCUT2D eigenvalue weighted by atomic mass is 10.0. The van der Waals surface area contributed by atoms with Gasteiger partial charge in [-0.25, -0.2) is 9.48 Å². The van der Waals surface area contributed by atoms with Crippen LogP contribution in [0.5, 0.6) is 0 Å². The maximum Gasteiger partial charge on any atom is 0.323 e. The predicted molar refractivity (Wildman–Crippen MR) is 132 cm³/mol. The SMILES string of the molecule is CCn1nc(-c2cccc(-c3ccccc3)c2)cc(NC(=O)Nc2c(Cl)cncc2Cl)c1=O. The lowest BCUT2D eigenvalue weighted by Gasteiger charge is -2.13. The van der Waals surface area contributed by atoms with Gasteiger partial charge in [0.15, 0.2) is 0 Å². The maximum atomic E-state index is 12.8. The first-order valence-electron chi connectivity index (χ1n) is 10.1. The molecule has 0 aliphatic heterocycles. The summed E-state index contributed by atoms with van der Waals surface area (Å²) in [7, 11) is 0. The van der Waals surface area contributed by atoms with E-state index >= 15 is 0 Å². The molecular formula is C24H19Cl2N5O2. The molecule has 0 aliphatic rings. The van der Waals surface area contributed by atoms with Crippen LogP contribution >= 0.6 is 23.2 Å². The summed E-state index contributed by atoms with van der Waals surface area (Å²) in [5.41, 5.74) is 3.27. The minimum atomic E-state index is -0.667. The summed E-state index contributed by atoms with van der Waals surface area (Å²) in [5, 5.41) is 9.96. The van der Waals surface area contributed by atoms with Gasteiger partial charge in [0.1, 0.15) is 5.69 Å². The molecule has 0 saturated heterocycles. The summed E-state index contributed by atoms with van der Waals surface area (Å²) in [6.07, 6.45) is 2.72. The summed E-state index contributed by atoms with van der Waals surface area (Å²) in [5.74, 6) is 0. The number of nitrogens with one attached hydrogen (secondary N) is 2. The van der Waals surface area contributed by atoms with Gasteiger partial charge in [0.2, 0.25) is 0 Å². The molecule has 33 heavy (non-hydrogen) atoms. The van der Waals surface area contributed by atoms with Gasteiger partial charge in [0.05, 0.1) is 21.4 Å². The van der Waals surface area contributed by atoms with E-state index in [4.69, 9.17) is 23.2 Å². The van der Waals surface area contributed by atoms with Crippen LogP contribution < -0.4 is 16.2 Å². The molecule has 4 rings (SSSR count). The van der Waals surface area contributed by atoms with Crippen LogP contribution in [0.15, 0.2) is 77.9 Å². The molecule has 0 bridgehead atoms. The van der Waals surface area contributed by atoms with E-state index in [2.05, 4.69) is 20.7 Å². The smallest absolute Gasteiger partial charge is 0.305 e. The normalized spacial score (nSPS) is 10.6. The Morgan fingerprint density at radius 1 is 0.909 bits per heavy atom. The Kier molecular flexibility index (Phi) is 6.72. The van der Waals surface area contributed by atoms with Crippen LogP contribution in [0.1, 0.15) is 6.92 Å². The van der Waals surface area contributed by atoms with E-state index in [0.29, 0.717) is 12.2 Å². The number of hydrogen-bond donors (Lipinski definition) is 2. The predicted octanol–water partition coefficient (Wildman–Crippen LogP) is 5.94. The summed E-state index contributed by atoms with van der Waals surface area (Å²) in [6, 6.07) is 18.6. The van der Waals surface area contributed by atoms with Gasteiger partial charge in [-0.2, -0.15) is 5.10 Å². The second-order valence-electron chi connectivity index (χ2n) is 7.07. The molecule has 0 saturated carbocycles. The van der Waals surface area contributed by atoms with Gasteiger partial charge in [0, 0.05) is 24.5 Å². The van der Waals surface area contributed by atoms with Crippen LogP contribution in [0.4, 0.5) is 16.2 Å². The largest absolute Gasteiger partial charge is 0.323 e. The summed E-state index contributed by atoms with van der Waals surface area (Å²) in [6.45, 7) is 2.14. The van der Waals surface area contributed by atoms with E-state index < -0.39 is 11.6 Å². The fourth-order valence-electron chi connectivity index (χ4n) is 3.27. The van der Waals surface area contributed by atoms with Gasteiger partial charge in [0.25, 0.3) is 5.56 Å². The Labute approximate surface area is 200 Å². The maximum absolute atomic E-state index is 12.8. The molecule has 2 heterocycles. The van der Waals surface area contributed by atoms with Crippen molar-refractivity contribution < 1.29 is 4.79 Å². The van der Waals surface area contributed by atoms with E-state index in [9.17, 15) is 9.59 Å². The van der Waals surface area contributed by atoms with Crippen molar-refractivity contribution in [3.63, 3.8) is 0 Å². The van der Waals surface area contributed by atoms with Crippen molar-refractivity contribution in [1.29, 1.82) is 0 Å². The number of aromatic nitrogens is 3. The van der Waals surface area contributed by atoms with Crippen molar-refractivity contribution in [2.45, 2.75) is 13.5 Å². The molecule has 0 aliphatic carbocycles. The standard InChI is InChI=1S/C24H19Cl2N5O2/c1-2-31-23(32)21(28-24(33)29-22-18(25)13-27-14-19(22)26)12-20(30-31)17-10-6-9-16(11-17)15-7-4-3-5-8-15/h3-14H,2H2,1H3,(H2,27,28,29,33). The van der Waals surface area contributed by atoms with Crippen LogP contribution in [-0.2, 0) is 6.54 Å². The molecule has 2 N–H and O–H groups in total. The molecule has 0 unspecified atom stereocenters. The average Bonchev–Trinajstić information content (AvgIpc) is 2.83. The molecule has 0 fully saturated rings. The van der Waals surface area contributed by atoms with E-state index in [-0.39, 0.29) is 21.4 Å². The molecule has 4 aromatic rings. The Bertz CT molecular complexity index is 1350. The fraction of sp³-hybridized carbons (Fsp3) is 0.0833. The third kappa shape index (κ3) is 5.05. The van der Waals surface area contributed by atoms with Crippen LogP contribution in [0, 0.1) is 0 Å². The highest BCUT2D eigenvalue weighted by Gasteiger charge is 2.15. The highest BCUT2D eigenvalue weighted by atomic mass is 35.5. The van der Waals surface area contributed by atoms with Crippen LogP contribution in [-0.4, -0.2) is 20.8 Å². The molecule has 0 radical (unpaired) electrons. The number of hydrogen-bond acceptors (Lipinski definition) is 4. The summed E-state index contributed by atoms with van der Waals surface area (Å²) >= 11 is 12.1. The number of carbonyl (C=O) groups is 1. The van der Waals surface area contributed by atoms with E-state index in [0.717, 1.165) is 16.7 Å². The zero-order valence-corrected chi connectivity index (χ0v) is 19.1. The molecule has 0 atom stereocenters. The lowest BCUT2D eigenvalue weighted by molar-refractivity contribution is 0.262. The molecule has 9 heteroatoms. The number of aryl methyl sites for hydroxylation is 1. The second kappa shape index (κ2) is 9.85. The summed E-state index contributed by atoms with van der Waals surface area (Å²) < 4.78 is 1.30. The quantitative estimate of drug-likeness (QED) is 0.370. The van der Waals surface area contributed by atoms with Gasteiger partial charge in [-0.3, -0.25) is 9.78 Å². The summed E-state index contributed by atoms with van der Waals surface area (Å²) in [4.78, 5) is 29.2. The minimum Gasteiger partial charge on any atom is -0.305 e. The number of halogens is 2. The van der Waals surface area contributed by atoms with Crippen LogP contribution in [0.2, 0.25) is 10.0 Å². The Morgan fingerprint density at radius 2 is 1.58 bits per heavy atom. The highest BCUT2D eigenvalue weighted by Crippen LogP contribution is 2.29. The first kappa shape index (κ1) is 22.5. The number of amides is 2. The van der Waals surface area contributed by atoms with Crippen molar-refractivity contribution in [3.8, 4) is 22.4 Å². The van der Waals surface area contributed by atoms with Crippen molar-refractivity contribution in [1.82, 2.24) is 14.8 Å². The number of nitrogens with zero attached hydrogens (tertiary/aromatic N) is 3. The lowest BCUT2D eigenvalue weighted by Crippen LogP contribution is -2.29. The molecule has 0 spiro atoms. The van der Waals surface area contributed by atoms with Gasteiger partial charge in [-0.1, -0.05) is 71.7 Å². The number of pyridine rings is 1. The van der Waals surface area contributed by atoms with Crippen LogP contribution in [0.25, 0.3) is 22.4 Å². The number of anilines is 2. The van der Waals surface area contributed by atoms with Crippen LogP contribution in [0.3, 0.4) is 0 Å². The van der Waals surface area contributed by atoms with Crippen molar-refractivity contribution in [2.24, 2.45) is 0 Å². The second-order valence-corrected chi connectivity index (χ2v) is 7.88. The zero-order valence-electron chi connectivity index (χ0n) is 17.5. The molecule has 2 aromatic heterocycles. The first-order chi connectivity index (χ1) is 16.0. The highest BCUT2D eigenvalue weighted by molar-refractivity contribution is 6.39. The monoisotopic (exact) mass is 479 g/mol. The molecular weight excluding hydrogens is 461 g/mol. The first-order valence-corrected chi connectivity index (χ1v) is 10.9. The molecule has 7 nitrogen and oxygen atoms in total. The topological polar surface area (TPSA) is 88.9 Å². The van der Waals surface area contributed by atoms with Gasteiger partial charge in [-0.05, 0) is 30.2 Å². The number of carbonyl (C=O) groups excluding carboxylic acids is 1. The van der Waals surface area contributed by atoms with Crippen molar-refractivity contribution >= 4 is 40.6 Å². The van der Waals surface area contributed by atoms with Crippen molar-refractivity contribution in [2.75, 3.05) is 10.6 Å². The third-order valence-corrected chi connectivity index (χ3v) is 5.45. The molecule has 2 aromatic carbocycles. The Hall–Kier alpha value is -3.68. The number of rotatable bonds is 5. The Morgan fingerprint density at radius 3 is 2.27 bits per heavy atom. The average molecular weight is 480 g/mol. The number of benzene rings is 2. The number of urea groups is 1. The van der Waals surface area contributed by atoms with E-state index in [1.165, 1.54) is 17.1 Å². The minimum absolute atomic E-state index is 0.0748. The zero-order chi connectivity index (χ0) is 23.4. The van der Waals surface area contributed by atoms with Crippen molar-refractivity contribution in [3.05, 3.63) is 93.5 Å². The molecule has 2 amide bonds. The third-order valence-electron chi connectivity index (χ3n) is 4.88. The van der Waals surface area contributed by atoms with Gasteiger partial charge >= 0.3 is 6.03 Å². The van der Waals surface area contributed by atoms with E-state index in [1.807, 2.05) is 54.6 Å². The van der Waals surface area contributed by atoms with Gasteiger partial charge in [-0.15, -0.1) is 0 Å². The van der Waals surface area contributed by atoms with Gasteiger partial charge < -0.3 is 10.6 Å². The van der Waals surface area contributed by atoms with E-state index in [1.54, 1.807) is 13.0 Å². The fourth-order valence-corrected chi connectivity index (χ4v) is 3.73.